The van der Waals surface area contributed by atoms with Gasteiger partial charge in [-0.05, 0) is 18.9 Å². The minimum Gasteiger partial charge on any atom is -0.302 e. The van der Waals surface area contributed by atoms with Gasteiger partial charge in [0, 0.05) is 18.5 Å². The van der Waals surface area contributed by atoms with Crippen LogP contribution in [-0.2, 0) is 10.2 Å². The second kappa shape index (κ2) is 2.41. The first kappa shape index (κ1) is 7.67. The number of hydrogen-bond donors (Lipinski definition) is 0. The zero-order valence-corrected chi connectivity index (χ0v) is 7.55. The fourth-order valence-corrected chi connectivity index (χ4v) is 1.64. The molecule has 0 spiro atoms. The van der Waals surface area contributed by atoms with Crippen LogP contribution in [0.3, 0.4) is 0 Å². The van der Waals surface area contributed by atoms with E-state index in [0.29, 0.717) is 0 Å². The van der Waals surface area contributed by atoms with Crippen LogP contribution in [0.5, 0.6) is 0 Å². The molecule has 3 rings (SSSR count). The Hall–Kier alpha value is -1.71. The fraction of sp³-hybridized carbons (Fsp3) is 0.300. The summed E-state index contributed by atoms with van der Waals surface area (Å²) >= 11 is 0. The van der Waals surface area contributed by atoms with Crippen molar-refractivity contribution in [3.05, 3.63) is 30.2 Å². The minimum absolute atomic E-state index is 0.298. The fourth-order valence-electron chi connectivity index (χ4n) is 1.64. The summed E-state index contributed by atoms with van der Waals surface area (Å²) < 4.78 is 1.71. The first-order chi connectivity index (χ1) is 6.84. The summed E-state index contributed by atoms with van der Waals surface area (Å²) in [6.45, 7) is 0. The lowest BCUT2D eigenvalue weighted by atomic mass is 10.1. The molecule has 0 bridgehead atoms. The van der Waals surface area contributed by atoms with Crippen molar-refractivity contribution in [3.8, 4) is 0 Å². The minimum atomic E-state index is -0.298. The van der Waals surface area contributed by atoms with Crippen molar-refractivity contribution in [1.82, 2.24) is 14.6 Å². The number of aromatic nitrogens is 3. The van der Waals surface area contributed by atoms with E-state index in [1.165, 1.54) is 0 Å². The Kier molecular flexibility index (Phi) is 1.32. The Morgan fingerprint density at radius 2 is 2.36 bits per heavy atom. The molecule has 0 saturated heterocycles. The van der Waals surface area contributed by atoms with E-state index in [1.54, 1.807) is 10.7 Å². The lowest BCUT2D eigenvalue weighted by molar-refractivity contribution is -0.109. The molecule has 2 heterocycles. The molecule has 0 aromatic carbocycles. The zero-order valence-electron chi connectivity index (χ0n) is 7.55. The van der Waals surface area contributed by atoms with Gasteiger partial charge in [0.2, 0.25) is 0 Å². The molecule has 70 valence electrons. The summed E-state index contributed by atoms with van der Waals surface area (Å²) in [7, 11) is 0. The van der Waals surface area contributed by atoms with Crippen LogP contribution >= 0.6 is 0 Å². The molecule has 4 heteroatoms. The molecule has 0 N–H and O–H groups in total. The van der Waals surface area contributed by atoms with Gasteiger partial charge in [-0.3, -0.25) is 0 Å². The zero-order chi connectivity index (χ0) is 9.60. The molecule has 14 heavy (non-hydrogen) atoms. The van der Waals surface area contributed by atoms with Gasteiger partial charge >= 0.3 is 0 Å². The Balaban J connectivity index is 2.19. The number of nitrogens with zero attached hydrogens (tertiary/aromatic N) is 3. The van der Waals surface area contributed by atoms with E-state index in [4.69, 9.17) is 0 Å². The number of aldehydes is 1. The topological polar surface area (TPSA) is 47.3 Å². The SMILES string of the molecule is O=CC1(c2cc3ncccn3n2)CC1. The Labute approximate surface area is 80.6 Å². The van der Waals surface area contributed by atoms with E-state index in [-0.39, 0.29) is 5.41 Å². The standard InChI is InChI=1S/C10H9N3O/c14-7-10(2-3-10)8-6-9-11-4-1-5-13(9)12-8/h1,4-7H,2-3H2. The van der Waals surface area contributed by atoms with E-state index in [1.807, 2.05) is 18.3 Å². The van der Waals surface area contributed by atoms with E-state index in [0.717, 1.165) is 30.5 Å². The summed E-state index contributed by atoms with van der Waals surface area (Å²) in [6.07, 6.45) is 6.41. The lowest BCUT2D eigenvalue weighted by Crippen LogP contribution is -2.08. The molecule has 2 aromatic heterocycles. The third kappa shape index (κ3) is 0.907. The number of carbonyl (C=O) groups is 1. The van der Waals surface area contributed by atoms with E-state index in [9.17, 15) is 4.79 Å². The van der Waals surface area contributed by atoms with E-state index in [2.05, 4.69) is 10.1 Å². The predicted octanol–water partition coefficient (Wildman–Crippen LogP) is 0.960. The van der Waals surface area contributed by atoms with Crippen LogP contribution in [0.2, 0.25) is 0 Å². The highest BCUT2D eigenvalue weighted by Crippen LogP contribution is 2.45. The third-order valence-electron chi connectivity index (χ3n) is 2.76. The first-order valence-electron chi connectivity index (χ1n) is 4.61. The highest BCUT2D eigenvalue weighted by atomic mass is 16.1. The van der Waals surface area contributed by atoms with Crippen LogP contribution in [0, 0.1) is 0 Å². The van der Waals surface area contributed by atoms with Gasteiger partial charge in [0.15, 0.2) is 5.65 Å². The molecular weight excluding hydrogens is 178 g/mol. The summed E-state index contributed by atoms with van der Waals surface area (Å²) in [5.74, 6) is 0. The maximum Gasteiger partial charge on any atom is 0.155 e. The average molecular weight is 187 g/mol. The highest BCUT2D eigenvalue weighted by Gasteiger charge is 2.46. The van der Waals surface area contributed by atoms with Crippen molar-refractivity contribution >= 4 is 11.9 Å². The summed E-state index contributed by atoms with van der Waals surface area (Å²) in [4.78, 5) is 15.1. The monoisotopic (exact) mass is 187 g/mol. The molecule has 0 atom stereocenters. The van der Waals surface area contributed by atoms with Gasteiger partial charge in [-0.15, -0.1) is 0 Å². The maximum absolute atomic E-state index is 10.9. The molecule has 1 aliphatic carbocycles. The maximum atomic E-state index is 10.9. The molecule has 0 unspecified atom stereocenters. The Morgan fingerprint density at radius 3 is 3.00 bits per heavy atom. The van der Waals surface area contributed by atoms with Crippen LogP contribution in [0.15, 0.2) is 24.5 Å². The molecule has 0 radical (unpaired) electrons. The largest absolute Gasteiger partial charge is 0.302 e. The second-order valence-corrected chi connectivity index (χ2v) is 3.73. The molecule has 0 amide bonds. The van der Waals surface area contributed by atoms with E-state index >= 15 is 0 Å². The van der Waals surface area contributed by atoms with Gasteiger partial charge in [0.1, 0.15) is 6.29 Å². The van der Waals surface area contributed by atoms with Crippen LogP contribution in [0.4, 0.5) is 0 Å². The van der Waals surface area contributed by atoms with Crippen molar-refractivity contribution in [2.45, 2.75) is 18.3 Å². The van der Waals surface area contributed by atoms with Gasteiger partial charge in [-0.1, -0.05) is 0 Å². The molecule has 1 fully saturated rings. The van der Waals surface area contributed by atoms with Gasteiger partial charge in [0.05, 0.1) is 11.1 Å². The van der Waals surface area contributed by atoms with Gasteiger partial charge in [-0.2, -0.15) is 5.10 Å². The first-order valence-corrected chi connectivity index (χ1v) is 4.61. The molecule has 4 nitrogen and oxygen atoms in total. The summed E-state index contributed by atoms with van der Waals surface area (Å²) in [6, 6.07) is 3.71. The Bertz CT molecular complexity index is 466. The number of rotatable bonds is 2. The normalized spacial score (nSPS) is 18.3. The average Bonchev–Trinajstić information content (AvgIpc) is 2.91. The molecular formula is C10H9N3O. The smallest absolute Gasteiger partial charge is 0.155 e. The molecule has 1 aliphatic rings. The van der Waals surface area contributed by atoms with Gasteiger partial charge in [-0.25, -0.2) is 9.50 Å². The number of fused-ring (bicyclic) bond motifs is 1. The molecule has 2 aromatic rings. The van der Waals surface area contributed by atoms with Crippen LogP contribution < -0.4 is 0 Å². The quantitative estimate of drug-likeness (QED) is 0.658. The van der Waals surface area contributed by atoms with Crippen molar-refractivity contribution in [2.24, 2.45) is 0 Å². The third-order valence-corrected chi connectivity index (χ3v) is 2.76. The number of hydrogen-bond acceptors (Lipinski definition) is 3. The summed E-state index contributed by atoms with van der Waals surface area (Å²) in [5, 5.41) is 4.34. The van der Waals surface area contributed by atoms with Crippen LogP contribution in [0.25, 0.3) is 5.65 Å². The highest BCUT2D eigenvalue weighted by molar-refractivity contribution is 5.72. The van der Waals surface area contributed by atoms with Crippen molar-refractivity contribution in [2.75, 3.05) is 0 Å². The van der Waals surface area contributed by atoms with Crippen molar-refractivity contribution in [3.63, 3.8) is 0 Å². The van der Waals surface area contributed by atoms with Gasteiger partial charge in [0.25, 0.3) is 0 Å². The van der Waals surface area contributed by atoms with Crippen LogP contribution in [-0.4, -0.2) is 20.9 Å². The lowest BCUT2D eigenvalue weighted by Gasteiger charge is -1.98. The van der Waals surface area contributed by atoms with Gasteiger partial charge < -0.3 is 4.79 Å². The van der Waals surface area contributed by atoms with Crippen LogP contribution in [0.1, 0.15) is 18.5 Å². The summed E-state index contributed by atoms with van der Waals surface area (Å²) in [5.41, 5.74) is 1.36. The van der Waals surface area contributed by atoms with Crippen molar-refractivity contribution < 1.29 is 4.79 Å². The molecule has 0 aliphatic heterocycles. The van der Waals surface area contributed by atoms with Crippen molar-refractivity contribution in [1.29, 1.82) is 0 Å². The van der Waals surface area contributed by atoms with E-state index < -0.39 is 0 Å². The number of carbonyl (C=O) groups excluding carboxylic acids is 1. The molecule has 1 saturated carbocycles. The Morgan fingerprint density at radius 1 is 1.50 bits per heavy atom. The second-order valence-electron chi connectivity index (χ2n) is 3.73. The predicted molar refractivity (Wildman–Crippen MR) is 50.0 cm³/mol.